The molecule has 1 aliphatic rings. The van der Waals surface area contributed by atoms with E-state index in [4.69, 9.17) is 5.11 Å². The number of benzene rings is 1. The molecular formula is C15H19NO. The maximum atomic E-state index is 8.64. The van der Waals surface area contributed by atoms with Crippen molar-refractivity contribution >= 4 is 0 Å². The third kappa shape index (κ3) is 3.89. The molecule has 0 aliphatic heterocycles. The molecule has 1 aliphatic carbocycles. The minimum Gasteiger partial charge on any atom is -0.395 e. The Morgan fingerprint density at radius 2 is 2.00 bits per heavy atom. The summed E-state index contributed by atoms with van der Waals surface area (Å²) in [6.07, 6.45) is 3.24. The largest absolute Gasteiger partial charge is 0.395 e. The average molecular weight is 229 g/mol. The summed E-state index contributed by atoms with van der Waals surface area (Å²) in [5.41, 5.74) is 2.36. The lowest BCUT2D eigenvalue weighted by atomic mass is 10.1. The summed E-state index contributed by atoms with van der Waals surface area (Å²) in [5, 5.41) is 8.64. The molecule has 1 aromatic carbocycles. The van der Waals surface area contributed by atoms with Crippen molar-refractivity contribution in [3.05, 3.63) is 35.4 Å². The van der Waals surface area contributed by atoms with Crippen molar-refractivity contribution in [2.24, 2.45) is 0 Å². The number of hydrogen-bond acceptors (Lipinski definition) is 2. The Bertz CT molecular complexity index is 409. The molecule has 0 bridgehead atoms. The topological polar surface area (TPSA) is 23.5 Å². The molecule has 0 heterocycles. The molecule has 0 saturated heterocycles. The number of aliphatic hydroxyl groups excluding tert-OH is 1. The van der Waals surface area contributed by atoms with Gasteiger partial charge in [-0.1, -0.05) is 24.0 Å². The van der Waals surface area contributed by atoms with Gasteiger partial charge in [0.2, 0.25) is 0 Å². The molecule has 90 valence electrons. The van der Waals surface area contributed by atoms with Gasteiger partial charge in [0.1, 0.15) is 0 Å². The Morgan fingerprint density at radius 3 is 2.59 bits per heavy atom. The molecule has 1 fully saturated rings. The quantitative estimate of drug-likeness (QED) is 0.798. The van der Waals surface area contributed by atoms with Crippen molar-refractivity contribution in [3.8, 4) is 11.8 Å². The molecule has 0 atom stereocenters. The lowest BCUT2D eigenvalue weighted by Gasteiger charge is -2.15. The number of rotatable bonds is 4. The summed E-state index contributed by atoms with van der Waals surface area (Å²) in [7, 11) is 2.19. The highest BCUT2D eigenvalue weighted by molar-refractivity contribution is 5.36. The number of aliphatic hydroxyl groups is 1. The minimum atomic E-state index is 0.136. The molecule has 2 rings (SSSR count). The first kappa shape index (κ1) is 12.2. The Balaban J connectivity index is 1.91. The Kier molecular flexibility index (Phi) is 4.19. The maximum Gasteiger partial charge on any atom is 0.0540 e. The average Bonchev–Trinajstić information content (AvgIpc) is 3.16. The van der Waals surface area contributed by atoms with Crippen LogP contribution in [-0.4, -0.2) is 29.7 Å². The smallest absolute Gasteiger partial charge is 0.0540 e. The number of hydrogen-bond donors (Lipinski definition) is 1. The fourth-order valence-corrected chi connectivity index (χ4v) is 1.85. The minimum absolute atomic E-state index is 0.136. The molecular weight excluding hydrogens is 210 g/mol. The first-order valence-electron chi connectivity index (χ1n) is 6.18. The lowest BCUT2D eigenvalue weighted by Crippen LogP contribution is -2.19. The van der Waals surface area contributed by atoms with E-state index in [0.717, 1.165) is 18.2 Å². The first-order chi connectivity index (χ1) is 8.29. The summed E-state index contributed by atoms with van der Waals surface area (Å²) in [6, 6.07) is 9.20. The van der Waals surface area contributed by atoms with Crippen LogP contribution in [0.1, 0.15) is 30.4 Å². The molecule has 2 heteroatoms. The van der Waals surface area contributed by atoms with E-state index in [1.165, 1.54) is 18.4 Å². The fraction of sp³-hybridized carbons (Fsp3) is 0.467. The molecule has 0 spiro atoms. The van der Waals surface area contributed by atoms with Crippen molar-refractivity contribution < 1.29 is 5.11 Å². The lowest BCUT2D eigenvalue weighted by molar-refractivity contribution is 0.305. The molecule has 1 N–H and O–H groups in total. The van der Waals surface area contributed by atoms with Gasteiger partial charge in [0.05, 0.1) is 6.61 Å². The third-order valence-electron chi connectivity index (χ3n) is 3.03. The molecule has 0 amide bonds. The van der Waals surface area contributed by atoms with Gasteiger partial charge in [0, 0.05) is 24.6 Å². The molecule has 2 nitrogen and oxygen atoms in total. The second-order valence-electron chi connectivity index (χ2n) is 4.62. The summed E-state index contributed by atoms with van der Waals surface area (Å²) in [5.74, 6) is 5.97. The highest BCUT2D eigenvalue weighted by Crippen LogP contribution is 2.26. The zero-order valence-electron chi connectivity index (χ0n) is 10.3. The predicted octanol–water partition coefficient (Wildman–Crippen LogP) is 2.01. The van der Waals surface area contributed by atoms with Gasteiger partial charge in [-0.25, -0.2) is 0 Å². The summed E-state index contributed by atoms with van der Waals surface area (Å²) in [4.78, 5) is 2.41. The standard InChI is InChI=1S/C15H19NO/c1-16(15-9-10-15)12-14-7-5-13(6-8-14)4-2-3-11-17/h5-8,15,17H,3,9-12H2,1H3. The van der Waals surface area contributed by atoms with E-state index in [-0.39, 0.29) is 6.61 Å². The van der Waals surface area contributed by atoms with Gasteiger partial charge in [0.15, 0.2) is 0 Å². The Hall–Kier alpha value is -1.30. The van der Waals surface area contributed by atoms with E-state index < -0.39 is 0 Å². The summed E-state index contributed by atoms with van der Waals surface area (Å²) >= 11 is 0. The van der Waals surface area contributed by atoms with E-state index in [1.54, 1.807) is 0 Å². The first-order valence-corrected chi connectivity index (χ1v) is 6.18. The van der Waals surface area contributed by atoms with Crippen LogP contribution in [-0.2, 0) is 6.54 Å². The van der Waals surface area contributed by atoms with Crippen molar-refractivity contribution in [1.29, 1.82) is 0 Å². The van der Waals surface area contributed by atoms with E-state index >= 15 is 0 Å². The molecule has 1 aromatic rings. The molecule has 17 heavy (non-hydrogen) atoms. The molecule has 0 unspecified atom stereocenters. The van der Waals surface area contributed by atoms with Crippen LogP contribution in [0.5, 0.6) is 0 Å². The van der Waals surface area contributed by atoms with Crippen LogP contribution in [0, 0.1) is 11.8 Å². The van der Waals surface area contributed by atoms with Crippen LogP contribution >= 0.6 is 0 Å². The van der Waals surface area contributed by atoms with Crippen LogP contribution in [0.3, 0.4) is 0 Å². The maximum absolute atomic E-state index is 8.64. The van der Waals surface area contributed by atoms with Crippen LogP contribution in [0.25, 0.3) is 0 Å². The molecule has 0 radical (unpaired) electrons. The highest BCUT2D eigenvalue weighted by Gasteiger charge is 2.25. The van der Waals surface area contributed by atoms with Crippen molar-refractivity contribution in [2.75, 3.05) is 13.7 Å². The second kappa shape index (κ2) is 5.86. The summed E-state index contributed by atoms with van der Waals surface area (Å²) < 4.78 is 0. The van der Waals surface area contributed by atoms with Crippen LogP contribution < -0.4 is 0 Å². The third-order valence-corrected chi connectivity index (χ3v) is 3.03. The van der Waals surface area contributed by atoms with Gasteiger partial charge in [-0.15, -0.1) is 0 Å². The van der Waals surface area contributed by atoms with Gasteiger partial charge in [-0.2, -0.15) is 0 Å². The van der Waals surface area contributed by atoms with Gasteiger partial charge < -0.3 is 5.11 Å². The monoisotopic (exact) mass is 229 g/mol. The zero-order valence-corrected chi connectivity index (χ0v) is 10.3. The molecule has 1 saturated carbocycles. The van der Waals surface area contributed by atoms with Crippen molar-refractivity contribution in [1.82, 2.24) is 4.90 Å². The van der Waals surface area contributed by atoms with Crippen molar-refractivity contribution in [2.45, 2.75) is 31.8 Å². The van der Waals surface area contributed by atoms with Gasteiger partial charge in [-0.3, -0.25) is 4.90 Å². The second-order valence-corrected chi connectivity index (χ2v) is 4.62. The number of nitrogens with zero attached hydrogens (tertiary/aromatic N) is 1. The van der Waals surface area contributed by atoms with E-state index in [2.05, 4.69) is 48.1 Å². The SMILES string of the molecule is CN(Cc1ccc(C#CCCO)cc1)C1CC1. The normalized spacial score (nSPS) is 14.5. The fourth-order valence-electron chi connectivity index (χ4n) is 1.85. The van der Waals surface area contributed by atoms with E-state index in [0.29, 0.717) is 6.42 Å². The zero-order chi connectivity index (χ0) is 12.1. The van der Waals surface area contributed by atoms with Gasteiger partial charge >= 0.3 is 0 Å². The van der Waals surface area contributed by atoms with Crippen LogP contribution in [0.15, 0.2) is 24.3 Å². The Morgan fingerprint density at radius 1 is 1.29 bits per heavy atom. The van der Waals surface area contributed by atoms with Gasteiger partial charge in [0.25, 0.3) is 0 Å². The van der Waals surface area contributed by atoms with Crippen LogP contribution in [0.4, 0.5) is 0 Å². The van der Waals surface area contributed by atoms with Crippen LogP contribution in [0.2, 0.25) is 0 Å². The molecule has 0 aromatic heterocycles. The van der Waals surface area contributed by atoms with E-state index in [9.17, 15) is 0 Å². The Labute approximate surface area is 103 Å². The van der Waals surface area contributed by atoms with Crippen molar-refractivity contribution in [3.63, 3.8) is 0 Å². The highest BCUT2D eigenvalue weighted by atomic mass is 16.2. The van der Waals surface area contributed by atoms with E-state index in [1.807, 2.05) is 0 Å². The van der Waals surface area contributed by atoms with Gasteiger partial charge in [-0.05, 0) is 37.6 Å². The predicted molar refractivity (Wildman–Crippen MR) is 69.5 cm³/mol. The summed E-state index contributed by atoms with van der Waals surface area (Å²) in [6.45, 7) is 1.16.